The molecular formula is C12H18BrNOS. The summed E-state index contributed by atoms with van der Waals surface area (Å²) in [6.07, 6.45) is 3.27. The van der Waals surface area contributed by atoms with Gasteiger partial charge in [-0.1, -0.05) is 6.42 Å². The van der Waals surface area contributed by atoms with Crippen LogP contribution in [0.1, 0.15) is 24.1 Å². The lowest BCUT2D eigenvalue weighted by Gasteiger charge is -2.22. The van der Waals surface area contributed by atoms with Crippen molar-refractivity contribution in [2.24, 2.45) is 5.92 Å². The molecule has 1 aromatic heterocycles. The molecule has 1 heterocycles. The molecule has 0 aliphatic heterocycles. The molecule has 1 aromatic rings. The topological polar surface area (TPSA) is 23.5 Å². The molecule has 2 unspecified atom stereocenters. The summed E-state index contributed by atoms with van der Waals surface area (Å²) in [4.78, 5) is 3.69. The van der Waals surface area contributed by atoms with E-state index in [0.29, 0.717) is 5.92 Å². The van der Waals surface area contributed by atoms with Crippen LogP contribution in [0.15, 0.2) is 15.9 Å². The van der Waals surface area contributed by atoms with Crippen LogP contribution in [0.5, 0.6) is 0 Å². The molecule has 1 N–H and O–H groups in total. The second kappa shape index (κ2) is 5.63. The number of aliphatic hydroxyl groups is 1. The van der Waals surface area contributed by atoms with Gasteiger partial charge < -0.3 is 10.0 Å². The lowest BCUT2D eigenvalue weighted by atomic mass is 10.1. The Labute approximate surface area is 109 Å². The number of halogens is 1. The van der Waals surface area contributed by atoms with Gasteiger partial charge >= 0.3 is 0 Å². The van der Waals surface area contributed by atoms with E-state index in [4.69, 9.17) is 0 Å². The van der Waals surface area contributed by atoms with E-state index < -0.39 is 0 Å². The van der Waals surface area contributed by atoms with E-state index in [1.165, 1.54) is 22.2 Å². The second-order valence-electron chi connectivity index (χ2n) is 4.65. The quantitative estimate of drug-likeness (QED) is 0.924. The van der Waals surface area contributed by atoms with Crippen LogP contribution in [0.2, 0.25) is 0 Å². The summed E-state index contributed by atoms with van der Waals surface area (Å²) in [5.41, 5.74) is 0. The minimum absolute atomic E-state index is 0.0748. The predicted molar refractivity (Wildman–Crippen MR) is 71.7 cm³/mol. The summed E-state index contributed by atoms with van der Waals surface area (Å²) in [7, 11) is 2.14. The van der Waals surface area contributed by atoms with Gasteiger partial charge in [0.1, 0.15) is 0 Å². The summed E-state index contributed by atoms with van der Waals surface area (Å²) >= 11 is 5.34. The van der Waals surface area contributed by atoms with Gasteiger partial charge in [0.15, 0.2) is 0 Å². The average Bonchev–Trinajstić information content (AvgIpc) is 2.79. The van der Waals surface area contributed by atoms with Crippen LogP contribution in [0, 0.1) is 5.92 Å². The zero-order valence-electron chi connectivity index (χ0n) is 9.53. The molecule has 1 saturated carbocycles. The van der Waals surface area contributed by atoms with Gasteiger partial charge in [0.2, 0.25) is 0 Å². The van der Waals surface area contributed by atoms with Gasteiger partial charge in [-0.25, -0.2) is 0 Å². The van der Waals surface area contributed by atoms with Crippen molar-refractivity contribution < 1.29 is 5.11 Å². The van der Waals surface area contributed by atoms with E-state index in [-0.39, 0.29) is 6.10 Å². The van der Waals surface area contributed by atoms with Crippen LogP contribution in [-0.4, -0.2) is 29.7 Å². The molecule has 0 saturated heterocycles. The summed E-state index contributed by atoms with van der Waals surface area (Å²) in [5, 5.41) is 11.9. The van der Waals surface area contributed by atoms with Crippen LogP contribution >= 0.6 is 27.3 Å². The molecule has 0 amide bonds. The number of aliphatic hydroxyl groups excluding tert-OH is 1. The van der Waals surface area contributed by atoms with E-state index in [9.17, 15) is 5.11 Å². The van der Waals surface area contributed by atoms with Gasteiger partial charge in [-0.2, -0.15) is 0 Å². The Balaban J connectivity index is 1.84. The van der Waals surface area contributed by atoms with Crippen LogP contribution in [0.4, 0.5) is 0 Å². The minimum Gasteiger partial charge on any atom is -0.393 e. The van der Waals surface area contributed by atoms with E-state index in [1.54, 1.807) is 11.3 Å². The Morgan fingerprint density at radius 2 is 2.38 bits per heavy atom. The fraction of sp³-hybridized carbons (Fsp3) is 0.667. The summed E-state index contributed by atoms with van der Waals surface area (Å²) < 4.78 is 1.20. The van der Waals surface area contributed by atoms with Gasteiger partial charge in [-0.15, -0.1) is 11.3 Å². The lowest BCUT2D eigenvalue weighted by molar-refractivity contribution is 0.108. The Hall–Kier alpha value is 0.1000. The number of hydrogen-bond acceptors (Lipinski definition) is 3. The maximum Gasteiger partial charge on any atom is 0.0580 e. The van der Waals surface area contributed by atoms with Crippen LogP contribution < -0.4 is 0 Å². The molecule has 1 aliphatic rings. The predicted octanol–water partition coefficient (Wildman–Crippen LogP) is 3.10. The molecule has 0 radical (unpaired) electrons. The molecule has 1 aliphatic carbocycles. The summed E-state index contributed by atoms with van der Waals surface area (Å²) in [6.45, 7) is 1.98. The highest BCUT2D eigenvalue weighted by Crippen LogP contribution is 2.28. The van der Waals surface area contributed by atoms with E-state index in [2.05, 4.69) is 39.3 Å². The summed E-state index contributed by atoms with van der Waals surface area (Å²) in [6, 6.07) is 2.10. The fourth-order valence-corrected chi connectivity index (χ4v) is 3.94. The van der Waals surface area contributed by atoms with Gasteiger partial charge in [-0.05, 0) is 53.2 Å². The van der Waals surface area contributed by atoms with E-state index >= 15 is 0 Å². The molecule has 90 valence electrons. The molecule has 2 nitrogen and oxygen atoms in total. The maximum atomic E-state index is 9.79. The average molecular weight is 304 g/mol. The Bertz CT molecular complexity index is 342. The normalized spacial score (nSPS) is 25.5. The third-order valence-corrected chi connectivity index (χ3v) is 5.18. The van der Waals surface area contributed by atoms with Crippen molar-refractivity contribution in [2.45, 2.75) is 31.9 Å². The molecule has 0 bridgehead atoms. The molecule has 2 rings (SSSR count). The van der Waals surface area contributed by atoms with Gasteiger partial charge in [0.25, 0.3) is 0 Å². The van der Waals surface area contributed by atoms with Crippen LogP contribution in [0.3, 0.4) is 0 Å². The first-order chi connectivity index (χ1) is 7.66. The Morgan fingerprint density at radius 3 is 2.94 bits per heavy atom. The van der Waals surface area contributed by atoms with Crippen molar-refractivity contribution in [1.82, 2.24) is 4.90 Å². The Kier molecular flexibility index (Phi) is 4.41. The zero-order valence-corrected chi connectivity index (χ0v) is 11.9. The van der Waals surface area contributed by atoms with Crippen molar-refractivity contribution in [3.05, 3.63) is 20.8 Å². The number of rotatable bonds is 4. The van der Waals surface area contributed by atoms with Gasteiger partial charge in [0, 0.05) is 22.4 Å². The van der Waals surface area contributed by atoms with Crippen LogP contribution in [0.25, 0.3) is 0 Å². The highest BCUT2D eigenvalue weighted by molar-refractivity contribution is 9.10. The molecule has 0 aromatic carbocycles. The highest BCUT2D eigenvalue weighted by atomic mass is 79.9. The fourth-order valence-electron chi connectivity index (χ4n) is 2.38. The number of nitrogens with zero attached hydrogens (tertiary/aromatic N) is 1. The lowest BCUT2D eigenvalue weighted by Crippen LogP contribution is -2.29. The summed E-state index contributed by atoms with van der Waals surface area (Å²) in [5.74, 6) is 0.476. The standard InChI is InChI=1S/C12H18BrNOS/c1-14(7-9-3-2-4-11(9)15)8-12-10(13)5-6-16-12/h5-6,9,11,15H,2-4,7-8H2,1H3. The molecule has 2 atom stereocenters. The van der Waals surface area contributed by atoms with Gasteiger partial charge in [0.05, 0.1) is 6.10 Å². The first kappa shape index (κ1) is 12.6. The van der Waals surface area contributed by atoms with Crippen molar-refractivity contribution in [1.29, 1.82) is 0 Å². The third-order valence-electron chi connectivity index (χ3n) is 3.27. The molecular weight excluding hydrogens is 286 g/mol. The molecule has 0 spiro atoms. The van der Waals surface area contributed by atoms with Crippen molar-refractivity contribution >= 4 is 27.3 Å². The molecule has 16 heavy (non-hydrogen) atoms. The SMILES string of the molecule is CN(Cc1sccc1Br)CC1CCCC1O. The first-order valence-electron chi connectivity index (χ1n) is 5.75. The smallest absolute Gasteiger partial charge is 0.0580 e. The third kappa shape index (κ3) is 3.06. The largest absolute Gasteiger partial charge is 0.393 e. The van der Waals surface area contributed by atoms with Crippen molar-refractivity contribution in [3.63, 3.8) is 0 Å². The Morgan fingerprint density at radius 1 is 1.56 bits per heavy atom. The minimum atomic E-state index is -0.0748. The van der Waals surface area contributed by atoms with E-state index in [0.717, 1.165) is 19.5 Å². The monoisotopic (exact) mass is 303 g/mol. The zero-order chi connectivity index (χ0) is 11.5. The number of thiophene rings is 1. The number of hydrogen-bond donors (Lipinski definition) is 1. The highest BCUT2D eigenvalue weighted by Gasteiger charge is 2.26. The molecule has 1 fully saturated rings. The first-order valence-corrected chi connectivity index (χ1v) is 7.42. The molecule has 4 heteroatoms. The maximum absolute atomic E-state index is 9.79. The second-order valence-corrected chi connectivity index (χ2v) is 6.50. The van der Waals surface area contributed by atoms with Crippen molar-refractivity contribution in [3.8, 4) is 0 Å². The van der Waals surface area contributed by atoms with Crippen LogP contribution in [-0.2, 0) is 6.54 Å². The van der Waals surface area contributed by atoms with Gasteiger partial charge in [-0.3, -0.25) is 0 Å². The van der Waals surface area contributed by atoms with E-state index in [1.807, 2.05) is 0 Å². The van der Waals surface area contributed by atoms with Crippen molar-refractivity contribution in [2.75, 3.05) is 13.6 Å².